The predicted octanol–water partition coefficient (Wildman–Crippen LogP) is 4.84. The summed E-state index contributed by atoms with van der Waals surface area (Å²) in [5.41, 5.74) is 1.000. The molecule has 3 aromatic rings. The molecule has 0 saturated carbocycles. The van der Waals surface area contributed by atoms with Gasteiger partial charge in [-0.2, -0.15) is 5.26 Å². The minimum atomic E-state index is -1.08. The molecule has 0 spiro atoms. The average molecular weight is 393 g/mol. The van der Waals surface area contributed by atoms with E-state index in [2.05, 4.69) is 5.32 Å². The minimum Gasteiger partial charge on any atom is -0.478 e. The number of hydrogen-bond donors (Lipinski definition) is 2. The van der Waals surface area contributed by atoms with Gasteiger partial charge in [0.25, 0.3) is 5.91 Å². The molecular weight excluding hydrogens is 380 g/mol. The molecule has 0 bridgehead atoms. The number of furan rings is 1. The van der Waals surface area contributed by atoms with Crippen molar-refractivity contribution in [3.63, 3.8) is 0 Å². The number of nitrogens with zero attached hydrogens (tertiary/aromatic N) is 1. The maximum absolute atomic E-state index is 12.3. The molecule has 138 valence electrons. The van der Waals surface area contributed by atoms with E-state index in [9.17, 15) is 14.9 Å². The number of hydrogen-bond acceptors (Lipinski definition) is 4. The number of benzene rings is 2. The second-order valence-corrected chi connectivity index (χ2v) is 6.10. The first-order chi connectivity index (χ1) is 13.5. The van der Waals surface area contributed by atoms with Crippen LogP contribution < -0.4 is 5.32 Å². The molecule has 0 aliphatic carbocycles. The van der Waals surface area contributed by atoms with Crippen LogP contribution in [0.2, 0.25) is 5.02 Å². The van der Waals surface area contributed by atoms with Crippen LogP contribution in [0.15, 0.2) is 70.7 Å². The molecule has 7 heteroatoms. The zero-order valence-corrected chi connectivity index (χ0v) is 15.1. The number of carboxylic acids is 1. The molecule has 1 heterocycles. The first-order valence-corrected chi connectivity index (χ1v) is 8.47. The van der Waals surface area contributed by atoms with Gasteiger partial charge >= 0.3 is 5.97 Å². The Kier molecular flexibility index (Phi) is 5.58. The number of rotatable bonds is 5. The second-order valence-electron chi connectivity index (χ2n) is 5.69. The Hall–Kier alpha value is -3.82. The smallest absolute Gasteiger partial charge is 0.335 e. The summed E-state index contributed by atoms with van der Waals surface area (Å²) >= 11 is 6.14. The largest absolute Gasteiger partial charge is 0.478 e. The highest BCUT2D eigenvalue weighted by Gasteiger charge is 2.14. The molecule has 28 heavy (non-hydrogen) atoms. The summed E-state index contributed by atoms with van der Waals surface area (Å²) in [6.45, 7) is 0. The van der Waals surface area contributed by atoms with Gasteiger partial charge in [0, 0.05) is 17.3 Å². The van der Waals surface area contributed by atoms with E-state index in [0.717, 1.165) is 0 Å². The molecule has 2 aromatic carbocycles. The Labute approximate surface area is 165 Å². The van der Waals surface area contributed by atoms with Crippen LogP contribution in [0.1, 0.15) is 16.1 Å². The zero-order valence-electron chi connectivity index (χ0n) is 14.3. The van der Waals surface area contributed by atoms with Crippen molar-refractivity contribution < 1.29 is 19.1 Å². The number of para-hydroxylation sites is 1. The molecule has 6 nitrogen and oxygen atoms in total. The molecule has 0 aliphatic heterocycles. The summed E-state index contributed by atoms with van der Waals surface area (Å²) in [6, 6.07) is 18.1. The number of nitrogens with one attached hydrogen (secondary N) is 1. The topological polar surface area (TPSA) is 103 Å². The number of carboxylic acid groups (broad SMARTS) is 1. The first-order valence-electron chi connectivity index (χ1n) is 8.09. The highest BCUT2D eigenvalue weighted by molar-refractivity contribution is 6.33. The number of carbonyl (C=O) groups is 2. The molecule has 1 amide bonds. The van der Waals surface area contributed by atoms with E-state index in [1.165, 1.54) is 24.3 Å². The molecule has 2 N–H and O–H groups in total. The Morgan fingerprint density at radius 1 is 1.11 bits per heavy atom. The van der Waals surface area contributed by atoms with Gasteiger partial charge < -0.3 is 14.8 Å². The lowest BCUT2D eigenvalue weighted by atomic mass is 10.1. The molecule has 0 fully saturated rings. The van der Waals surface area contributed by atoms with E-state index in [-0.39, 0.29) is 21.9 Å². The Bertz CT molecular complexity index is 1110. The third-order valence-corrected chi connectivity index (χ3v) is 4.10. The highest BCUT2D eigenvalue weighted by Crippen LogP contribution is 2.31. The lowest BCUT2D eigenvalue weighted by molar-refractivity contribution is -0.112. The van der Waals surface area contributed by atoms with Gasteiger partial charge in [0.15, 0.2) is 0 Å². The van der Waals surface area contributed by atoms with Crippen molar-refractivity contribution in [3.05, 3.63) is 82.6 Å². The van der Waals surface area contributed by atoms with Crippen molar-refractivity contribution in [1.29, 1.82) is 5.26 Å². The monoisotopic (exact) mass is 392 g/mol. The average Bonchev–Trinajstić information content (AvgIpc) is 3.15. The third-order valence-electron chi connectivity index (χ3n) is 3.79. The molecule has 0 atom stereocenters. The van der Waals surface area contributed by atoms with Crippen LogP contribution in [0.5, 0.6) is 0 Å². The van der Waals surface area contributed by atoms with Crippen molar-refractivity contribution in [2.75, 3.05) is 5.32 Å². The van der Waals surface area contributed by atoms with Crippen molar-refractivity contribution in [1.82, 2.24) is 0 Å². The number of aromatic carboxylic acids is 1. The van der Waals surface area contributed by atoms with Gasteiger partial charge in [0.05, 0.1) is 10.6 Å². The molecule has 0 unspecified atom stereocenters. The van der Waals surface area contributed by atoms with Gasteiger partial charge in [0.2, 0.25) is 0 Å². The number of nitriles is 1. The van der Waals surface area contributed by atoms with E-state index < -0.39 is 11.9 Å². The summed E-state index contributed by atoms with van der Waals surface area (Å²) in [5, 5.41) is 21.1. The van der Waals surface area contributed by atoms with Crippen molar-refractivity contribution in [3.8, 4) is 17.4 Å². The number of amides is 1. The fraction of sp³-hybridized carbons (Fsp3) is 0. The van der Waals surface area contributed by atoms with Crippen LogP contribution in [-0.4, -0.2) is 17.0 Å². The van der Waals surface area contributed by atoms with Crippen LogP contribution in [-0.2, 0) is 4.79 Å². The number of halogens is 1. The predicted molar refractivity (Wildman–Crippen MR) is 105 cm³/mol. The lowest BCUT2D eigenvalue weighted by Crippen LogP contribution is -2.13. The van der Waals surface area contributed by atoms with E-state index in [0.29, 0.717) is 17.0 Å². The van der Waals surface area contributed by atoms with Crippen LogP contribution >= 0.6 is 11.6 Å². The Balaban J connectivity index is 1.83. The maximum Gasteiger partial charge on any atom is 0.335 e. The molecular formula is C21H13ClN2O4. The Morgan fingerprint density at radius 3 is 2.50 bits per heavy atom. The van der Waals surface area contributed by atoms with Gasteiger partial charge in [-0.25, -0.2) is 4.79 Å². The SMILES string of the molecule is N#C/C(=C\c1ccc(-c2ccc(C(=O)O)cc2Cl)o1)C(=O)Nc1ccccc1. The van der Waals surface area contributed by atoms with Crippen molar-refractivity contribution >= 4 is 35.2 Å². The fourth-order valence-electron chi connectivity index (χ4n) is 2.43. The van der Waals surface area contributed by atoms with Gasteiger partial charge in [0.1, 0.15) is 23.2 Å². The molecule has 1 aromatic heterocycles. The normalized spacial score (nSPS) is 10.9. The van der Waals surface area contributed by atoms with Gasteiger partial charge in [-0.1, -0.05) is 29.8 Å². The highest BCUT2D eigenvalue weighted by atomic mass is 35.5. The van der Waals surface area contributed by atoms with Crippen LogP contribution in [0.4, 0.5) is 5.69 Å². The van der Waals surface area contributed by atoms with Crippen LogP contribution in [0, 0.1) is 11.3 Å². The standard InChI is InChI=1S/C21H13ClN2O4/c22-18-11-13(21(26)27)6-8-17(18)19-9-7-16(28-19)10-14(12-23)20(25)24-15-4-2-1-3-5-15/h1-11H,(H,24,25)(H,26,27)/b14-10+. The molecule has 0 aliphatic rings. The van der Waals surface area contributed by atoms with E-state index in [4.69, 9.17) is 21.1 Å². The molecule has 0 radical (unpaired) electrons. The fourth-order valence-corrected chi connectivity index (χ4v) is 2.71. The zero-order chi connectivity index (χ0) is 20.1. The van der Waals surface area contributed by atoms with E-state index >= 15 is 0 Å². The minimum absolute atomic E-state index is 0.0600. The van der Waals surface area contributed by atoms with E-state index in [1.807, 2.05) is 12.1 Å². The summed E-state index contributed by atoms with van der Waals surface area (Å²) in [5.74, 6) is -0.975. The molecule has 0 saturated heterocycles. The Morgan fingerprint density at radius 2 is 1.86 bits per heavy atom. The lowest BCUT2D eigenvalue weighted by Gasteiger charge is -2.03. The van der Waals surface area contributed by atoms with Crippen molar-refractivity contribution in [2.24, 2.45) is 0 Å². The third kappa shape index (κ3) is 4.29. The summed E-state index contributed by atoms with van der Waals surface area (Å²) < 4.78 is 5.64. The number of anilines is 1. The summed E-state index contributed by atoms with van der Waals surface area (Å²) in [7, 11) is 0. The van der Waals surface area contributed by atoms with Crippen LogP contribution in [0.25, 0.3) is 17.4 Å². The van der Waals surface area contributed by atoms with Gasteiger partial charge in [-0.3, -0.25) is 4.79 Å². The maximum atomic E-state index is 12.3. The molecule has 3 rings (SSSR count). The summed E-state index contributed by atoms with van der Waals surface area (Å²) in [4.78, 5) is 23.3. The van der Waals surface area contributed by atoms with Crippen LogP contribution in [0.3, 0.4) is 0 Å². The number of carbonyl (C=O) groups excluding carboxylic acids is 1. The summed E-state index contributed by atoms with van der Waals surface area (Å²) in [6.07, 6.45) is 1.32. The second kappa shape index (κ2) is 8.25. The van der Waals surface area contributed by atoms with Gasteiger partial charge in [-0.05, 0) is 42.5 Å². The van der Waals surface area contributed by atoms with Crippen molar-refractivity contribution in [2.45, 2.75) is 0 Å². The van der Waals surface area contributed by atoms with E-state index in [1.54, 1.807) is 36.4 Å². The first kappa shape index (κ1) is 19.0. The quantitative estimate of drug-likeness (QED) is 0.477. The van der Waals surface area contributed by atoms with Gasteiger partial charge in [-0.15, -0.1) is 0 Å².